The van der Waals surface area contributed by atoms with Crippen molar-refractivity contribution in [2.75, 3.05) is 6.61 Å². The second kappa shape index (κ2) is 8.02. The summed E-state index contributed by atoms with van der Waals surface area (Å²) in [6, 6.07) is 6.90. The summed E-state index contributed by atoms with van der Waals surface area (Å²) in [6.07, 6.45) is -4.83. The zero-order valence-corrected chi connectivity index (χ0v) is 16.0. The van der Waals surface area contributed by atoms with Gasteiger partial charge < -0.3 is 30.1 Å². The number of aromatic nitrogens is 3. The molecule has 1 fully saturated rings. The zero-order chi connectivity index (χ0) is 21.4. The Morgan fingerprint density at radius 3 is 2.70 bits per heavy atom. The molecule has 3 heterocycles. The normalized spacial score (nSPS) is 26.4. The molecule has 0 aliphatic carbocycles. The molecule has 0 saturated carbocycles. The van der Waals surface area contributed by atoms with Crippen LogP contribution in [-0.2, 0) is 4.74 Å². The number of nitrogens with one attached hydrogen (secondary N) is 2. The van der Waals surface area contributed by atoms with E-state index >= 15 is 0 Å². The third-order valence-electron chi connectivity index (χ3n) is 5.22. The van der Waals surface area contributed by atoms with Crippen molar-refractivity contribution in [1.82, 2.24) is 15.2 Å². The number of rotatable bonds is 2. The molecule has 6 N–H and O–H groups in total. The van der Waals surface area contributed by atoms with Gasteiger partial charge in [0.15, 0.2) is 0 Å². The Balaban J connectivity index is 1.75. The molecule has 156 valence electrons. The summed E-state index contributed by atoms with van der Waals surface area (Å²) < 4.78 is 5.44. The van der Waals surface area contributed by atoms with E-state index in [1.54, 1.807) is 19.2 Å². The quantitative estimate of drug-likeness (QED) is 0.309. The molecule has 3 aromatic rings. The molecule has 2 aromatic heterocycles. The molecule has 4 rings (SSSR count). The average Bonchev–Trinajstić information content (AvgIpc) is 3.20. The summed E-state index contributed by atoms with van der Waals surface area (Å²) in [6.45, 7) is 1.28. The van der Waals surface area contributed by atoms with Crippen LogP contribution in [0, 0.1) is 18.8 Å². The molecule has 9 heteroatoms. The minimum Gasteiger partial charge on any atom is -0.394 e. The maximum absolute atomic E-state index is 11.5. The van der Waals surface area contributed by atoms with Gasteiger partial charge in [-0.2, -0.15) is 5.10 Å². The zero-order valence-electron chi connectivity index (χ0n) is 16.0. The van der Waals surface area contributed by atoms with E-state index in [4.69, 9.17) is 4.74 Å². The third kappa shape index (κ3) is 3.63. The SMILES string of the molecule is Cc1[nH]c(=O)ccc1-c1cc(C#CC2OC(CO)[C@@H](O)C(O)C2O)c2[nH]ncc2c1. The Bertz CT molecular complexity index is 1190. The van der Waals surface area contributed by atoms with E-state index in [2.05, 4.69) is 27.0 Å². The number of aliphatic hydroxyl groups excluding tert-OH is 4. The van der Waals surface area contributed by atoms with Crippen LogP contribution in [0.2, 0.25) is 0 Å². The van der Waals surface area contributed by atoms with Crippen LogP contribution < -0.4 is 5.56 Å². The Morgan fingerprint density at radius 2 is 1.97 bits per heavy atom. The molecule has 0 amide bonds. The molecular weight excluding hydrogens is 390 g/mol. The van der Waals surface area contributed by atoms with Crippen molar-refractivity contribution in [1.29, 1.82) is 0 Å². The lowest BCUT2D eigenvalue weighted by atomic mass is 9.95. The van der Waals surface area contributed by atoms with E-state index in [9.17, 15) is 25.2 Å². The lowest BCUT2D eigenvalue weighted by molar-refractivity contribution is -0.214. The van der Waals surface area contributed by atoms with E-state index in [1.165, 1.54) is 6.07 Å². The molecule has 5 atom stereocenters. The van der Waals surface area contributed by atoms with Crippen LogP contribution in [0.5, 0.6) is 0 Å². The Morgan fingerprint density at radius 1 is 1.17 bits per heavy atom. The van der Waals surface area contributed by atoms with E-state index in [0.717, 1.165) is 16.5 Å². The van der Waals surface area contributed by atoms with E-state index in [-0.39, 0.29) is 5.56 Å². The second-order valence-electron chi connectivity index (χ2n) is 7.24. The maximum Gasteiger partial charge on any atom is 0.248 e. The number of aromatic amines is 2. The van der Waals surface area contributed by atoms with Crippen LogP contribution in [0.15, 0.2) is 35.3 Å². The standard InChI is InChI=1S/C21H21N3O6/c1-10-14(3-5-17(26)23-10)12-6-11(18-13(7-12)8-22-24-18)2-4-15-19(27)21(29)20(28)16(9-25)30-15/h3,5-8,15-16,19-21,25,27-29H,9H2,1H3,(H,22,24)(H,23,26)/t15?,16?,19?,20-,21?/m1/s1. The number of aryl methyl sites for hydroxylation is 1. The van der Waals surface area contributed by atoms with Crippen molar-refractivity contribution in [3.63, 3.8) is 0 Å². The molecule has 9 nitrogen and oxygen atoms in total. The highest BCUT2D eigenvalue weighted by molar-refractivity contribution is 5.89. The number of ether oxygens (including phenoxy) is 1. The van der Waals surface area contributed by atoms with Gasteiger partial charge in [-0.05, 0) is 30.7 Å². The summed E-state index contributed by atoms with van der Waals surface area (Å²) in [5.41, 5.74) is 3.41. The molecule has 1 aliphatic rings. The molecule has 1 saturated heterocycles. The predicted molar refractivity (Wildman–Crippen MR) is 108 cm³/mol. The number of H-pyrrole nitrogens is 2. The number of aliphatic hydroxyl groups is 4. The number of fused-ring (bicyclic) bond motifs is 1. The van der Waals surface area contributed by atoms with Gasteiger partial charge in [0.25, 0.3) is 0 Å². The monoisotopic (exact) mass is 411 g/mol. The second-order valence-corrected chi connectivity index (χ2v) is 7.24. The van der Waals surface area contributed by atoms with Crippen molar-refractivity contribution in [3.8, 4) is 23.0 Å². The lowest BCUT2D eigenvalue weighted by Crippen LogP contribution is -2.58. The fourth-order valence-electron chi connectivity index (χ4n) is 3.57. The van der Waals surface area contributed by atoms with Gasteiger partial charge in [0.2, 0.25) is 5.56 Å². The summed E-state index contributed by atoms with van der Waals surface area (Å²) in [5.74, 6) is 5.72. The van der Waals surface area contributed by atoms with E-state index in [0.29, 0.717) is 16.8 Å². The number of hydrogen-bond donors (Lipinski definition) is 6. The smallest absolute Gasteiger partial charge is 0.248 e. The number of benzene rings is 1. The summed E-state index contributed by atoms with van der Waals surface area (Å²) in [7, 11) is 0. The van der Waals surface area contributed by atoms with Gasteiger partial charge in [0, 0.05) is 22.7 Å². The predicted octanol–water partition coefficient (Wildman–Crippen LogP) is -0.579. The highest BCUT2D eigenvalue weighted by Crippen LogP contribution is 2.28. The van der Waals surface area contributed by atoms with Crippen LogP contribution in [-0.4, -0.2) is 72.7 Å². The fourth-order valence-corrected chi connectivity index (χ4v) is 3.57. The first-order valence-corrected chi connectivity index (χ1v) is 9.38. The van der Waals surface area contributed by atoms with Crippen LogP contribution in [0.4, 0.5) is 0 Å². The van der Waals surface area contributed by atoms with Crippen LogP contribution in [0.25, 0.3) is 22.0 Å². The van der Waals surface area contributed by atoms with Gasteiger partial charge in [0.1, 0.15) is 30.5 Å². The Hall–Kier alpha value is -3.00. The number of pyridine rings is 1. The minimum atomic E-state index is -1.49. The van der Waals surface area contributed by atoms with Gasteiger partial charge in [-0.25, -0.2) is 0 Å². The van der Waals surface area contributed by atoms with Gasteiger partial charge in [-0.1, -0.05) is 11.8 Å². The topological polar surface area (TPSA) is 152 Å². The molecule has 0 radical (unpaired) electrons. The van der Waals surface area contributed by atoms with E-state index in [1.807, 2.05) is 12.1 Å². The van der Waals surface area contributed by atoms with Gasteiger partial charge in [-0.3, -0.25) is 9.89 Å². The van der Waals surface area contributed by atoms with Crippen molar-refractivity contribution in [2.45, 2.75) is 37.4 Å². The largest absolute Gasteiger partial charge is 0.394 e. The van der Waals surface area contributed by atoms with Crippen molar-refractivity contribution in [3.05, 3.63) is 52.1 Å². The highest BCUT2D eigenvalue weighted by Gasteiger charge is 2.42. The molecule has 30 heavy (non-hydrogen) atoms. The Kier molecular flexibility index (Phi) is 5.42. The van der Waals surface area contributed by atoms with Gasteiger partial charge >= 0.3 is 0 Å². The third-order valence-corrected chi connectivity index (χ3v) is 5.22. The molecule has 1 aromatic carbocycles. The summed E-state index contributed by atoms with van der Waals surface area (Å²) in [4.78, 5) is 14.3. The van der Waals surface area contributed by atoms with E-state index < -0.39 is 37.1 Å². The van der Waals surface area contributed by atoms with Crippen molar-refractivity contribution >= 4 is 10.9 Å². The number of nitrogens with zero attached hydrogens (tertiary/aromatic N) is 1. The van der Waals surface area contributed by atoms with Crippen molar-refractivity contribution in [2.24, 2.45) is 0 Å². The fraction of sp³-hybridized carbons (Fsp3) is 0.333. The summed E-state index contributed by atoms with van der Waals surface area (Å²) in [5, 5.41) is 47.1. The first kappa shape index (κ1) is 20.3. The average molecular weight is 411 g/mol. The Labute approximate surface area is 171 Å². The minimum absolute atomic E-state index is 0.191. The van der Waals surface area contributed by atoms with Gasteiger partial charge in [0.05, 0.1) is 23.9 Å². The first-order chi connectivity index (χ1) is 14.4. The van der Waals surface area contributed by atoms with Crippen LogP contribution in [0.1, 0.15) is 11.3 Å². The number of hydrogen-bond acceptors (Lipinski definition) is 7. The molecular formula is C21H21N3O6. The molecule has 0 spiro atoms. The van der Waals surface area contributed by atoms with Crippen LogP contribution in [0.3, 0.4) is 0 Å². The maximum atomic E-state index is 11.5. The summed E-state index contributed by atoms with van der Waals surface area (Å²) >= 11 is 0. The van der Waals surface area contributed by atoms with Gasteiger partial charge in [-0.15, -0.1) is 0 Å². The first-order valence-electron chi connectivity index (χ1n) is 9.38. The van der Waals surface area contributed by atoms with Crippen molar-refractivity contribution < 1.29 is 25.2 Å². The van der Waals surface area contributed by atoms with Crippen LogP contribution >= 0.6 is 0 Å². The molecule has 4 unspecified atom stereocenters. The lowest BCUT2D eigenvalue weighted by Gasteiger charge is -2.37. The highest BCUT2D eigenvalue weighted by atomic mass is 16.5. The molecule has 1 aliphatic heterocycles. The molecule has 0 bridgehead atoms.